The van der Waals surface area contributed by atoms with Gasteiger partial charge in [-0.1, -0.05) is 134 Å². The van der Waals surface area contributed by atoms with Crippen LogP contribution in [-0.2, 0) is 12.8 Å². The molecule has 2 aliphatic rings. The Morgan fingerprint density at radius 3 is 1.23 bits per heavy atom. The maximum atomic E-state index is 2.44. The van der Waals surface area contributed by atoms with Crippen molar-refractivity contribution in [3.63, 3.8) is 0 Å². The van der Waals surface area contributed by atoms with Crippen LogP contribution in [0.2, 0.25) is 0 Å². The highest BCUT2D eigenvalue weighted by atomic mass is 14.3. The van der Waals surface area contributed by atoms with Crippen LogP contribution in [0.5, 0.6) is 0 Å². The van der Waals surface area contributed by atoms with Gasteiger partial charge in [-0.2, -0.15) is 0 Å². The highest BCUT2D eigenvalue weighted by Gasteiger charge is 2.21. The molecule has 0 saturated heterocycles. The zero-order valence-corrected chi connectivity index (χ0v) is 21.1. The minimum Gasteiger partial charge on any atom is -0.0654 e. The molecule has 0 heterocycles. The zero-order chi connectivity index (χ0) is 21.7. The van der Waals surface area contributed by atoms with Crippen LogP contribution in [0.15, 0.2) is 24.3 Å². The minimum absolute atomic E-state index is 0.995. The Morgan fingerprint density at radius 2 is 0.839 bits per heavy atom. The summed E-state index contributed by atoms with van der Waals surface area (Å²) in [4.78, 5) is 0. The van der Waals surface area contributed by atoms with Gasteiger partial charge in [0.15, 0.2) is 0 Å². The van der Waals surface area contributed by atoms with E-state index in [-0.39, 0.29) is 0 Å². The summed E-state index contributed by atoms with van der Waals surface area (Å²) in [5.74, 6) is 4.09. The van der Waals surface area contributed by atoms with E-state index in [1.807, 2.05) is 0 Å². The van der Waals surface area contributed by atoms with E-state index in [0.717, 1.165) is 23.7 Å². The topological polar surface area (TPSA) is 0 Å². The van der Waals surface area contributed by atoms with E-state index in [1.54, 1.807) is 11.1 Å². The molecular weight excluding hydrogens is 372 g/mol. The van der Waals surface area contributed by atoms with Gasteiger partial charge >= 0.3 is 0 Å². The molecule has 0 bridgehead atoms. The van der Waals surface area contributed by atoms with E-state index in [1.165, 1.54) is 122 Å². The number of benzene rings is 1. The Kier molecular flexibility index (Phi) is 11.5. The highest BCUT2D eigenvalue weighted by molar-refractivity contribution is 5.22. The van der Waals surface area contributed by atoms with Gasteiger partial charge in [-0.05, 0) is 60.5 Å². The largest absolute Gasteiger partial charge is 0.0654 e. The third-order valence-electron chi connectivity index (χ3n) is 8.82. The fourth-order valence-corrected chi connectivity index (χ4v) is 6.41. The molecule has 2 fully saturated rings. The van der Waals surface area contributed by atoms with E-state index in [0.29, 0.717) is 0 Å². The maximum absolute atomic E-state index is 2.44. The molecule has 1 aromatic carbocycles. The van der Waals surface area contributed by atoms with Gasteiger partial charge in [0.1, 0.15) is 0 Å². The van der Waals surface area contributed by atoms with E-state index in [4.69, 9.17) is 0 Å². The van der Waals surface area contributed by atoms with Gasteiger partial charge in [-0.3, -0.25) is 0 Å². The molecule has 2 aliphatic carbocycles. The molecule has 0 unspecified atom stereocenters. The average Bonchev–Trinajstić information content (AvgIpc) is 2.82. The Bertz CT molecular complexity index is 554. The molecule has 1 aromatic rings. The molecule has 0 spiro atoms. The Balaban J connectivity index is 1.28. The lowest BCUT2D eigenvalue weighted by molar-refractivity contribution is 0.249. The highest BCUT2D eigenvalue weighted by Crippen LogP contribution is 2.35. The first-order chi connectivity index (χ1) is 15.3. The molecule has 0 N–H and O–H groups in total. The standard InChI is InChI=1S/C31H52/c1-3-5-7-9-27-12-16-29(17-13-27)19-21-31-24-22-30(23-25-31)20-18-28-14-10-26(11-15-28)8-6-4-2/h22-29H,3-21H2,1-2H3/t26-,27-,28-,29-. The molecule has 0 radical (unpaired) electrons. The Hall–Kier alpha value is -0.780. The van der Waals surface area contributed by atoms with Crippen molar-refractivity contribution in [3.8, 4) is 0 Å². The summed E-state index contributed by atoms with van der Waals surface area (Å²) in [6.45, 7) is 4.65. The predicted octanol–water partition coefficient (Wildman–Crippen LogP) is 9.94. The van der Waals surface area contributed by atoms with Crippen LogP contribution < -0.4 is 0 Å². The van der Waals surface area contributed by atoms with E-state index >= 15 is 0 Å². The summed E-state index contributed by atoms with van der Waals surface area (Å²) in [5, 5.41) is 0. The fraction of sp³-hybridized carbons (Fsp3) is 0.806. The molecule has 0 atom stereocenters. The van der Waals surface area contributed by atoms with Crippen molar-refractivity contribution in [3.05, 3.63) is 35.4 Å². The molecule has 0 heteroatoms. The van der Waals surface area contributed by atoms with Crippen molar-refractivity contribution < 1.29 is 0 Å². The van der Waals surface area contributed by atoms with Gasteiger partial charge in [-0.15, -0.1) is 0 Å². The van der Waals surface area contributed by atoms with Crippen molar-refractivity contribution in [2.24, 2.45) is 23.7 Å². The summed E-state index contributed by atoms with van der Waals surface area (Å²) in [5.41, 5.74) is 3.15. The first-order valence-electron chi connectivity index (χ1n) is 14.3. The summed E-state index contributed by atoms with van der Waals surface area (Å²) in [6.07, 6.45) is 27.5. The van der Waals surface area contributed by atoms with Gasteiger partial charge in [0.2, 0.25) is 0 Å². The number of unbranched alkanes of at least 4 members (excludes halogenated alkanes) is 3. The third kappa shape index (κ3) is 9.31. The molecule has 2 saturated carbocycles. The van der Waals surface area contributed by atoms with Crippen LogP contribution in [0.4, 0.5) is 0 Å². The normalized spacial score (nSPS) is 26.8. The van der Waals surface area contributed by atoms with Crippen LogP contribution in [0, 0.1) is 23.7 Å². The third-order valence-corrected chi connectivity index (χ3v) is 8.82. The number of hydrogen-bond acceptors (Lipinski definition) is 0. The first-order valence-corrected chi connectivity index (χ1v) is 14.3. The molecule has 31 heavy (non-hydrogen) atoms. The van der Waals surface area contributed by atoms with Crippen LogP contribution in [-0.4, -0.2) is 0 Å². The second kappa shape index (κ2) is 14.4. The van der Waals surface area contributed by atoms with Crippen molar-refractivity contribution in [1.82, 2.24) is 0 Å². The average molecular weight is 425 g/mol. The predicted molar refractivity (Wildman–Crippen MR) is 138 cm³/mol. The Labute approximate surface area is 195 Å². The summed E-state index contributed by atoms with van der Waals surface area (Å²) in [7, 11) is 0. The second-order valence-corrected chi connectivity index (χ2v) is 11.3. The summed E-state index contributed by atoms with van der Waals surface area (Å²) in [6, 6.07) is 9.75. The number of aryl methyl sites for hydroxylation is 2. The number of hydrogen-bond donors (Lipinski definition) is 0. The maximum Gasteiger partial charge on any atom is -0.0276 e. The lowest BCUT2D eigenvalue weighted by Gasteiger charge is -2.28. The van der Waals surface area contributed by atoms with Crippen molar-refractivity contribution in [2.75, 3.05) is 0 Å². The second-order valence-electron chi connectivity index (χ2n) is 11.3. The van der Waals surface area contributed by atoms with Gasteiger partial charge < -0.3 is 0 Å². The number of rotatable bonds is 13. The Morgan fingerprint density at radius 1 is 0.484 bits per heavy atom. The molecule has 0 aromatic heterocycles. The molecule has 3 rings (SSSR count). The van der Waals surface area contributed by atoms with E-state index < -0.39 is 0 Å². The van der Waals surface area contributed by atoms with E-state index in [2.05, 4.69) is 38.1 Å². The quantitative estimate of drug-likeness (QED) is 0.276. The molecule has 0 nitrogen and oxygen atoms in total. The molecule has 0 amide bonds. The van der Waals surface area contributed by atoms with Crippen LogP contribution in [0.25, 0.3) is 0 Å². The van der Waals surface area contributed by atoms with Crippen molar-refractivity contribution in [1.29, 1.82) is 0 Å². The van der Waals surface area contributed by atoms with Crippen molar-refractivity contribution >= 4 is 0 Å². The van der Waals surface area contributed by atoms with Gasteiger partial charge in [-0.25, -0.2) is 0 Å². The lowest BCUT2D eigenvalue weighted by atomic mass is 9.77. The summed E-state index contributed by atoms with van der Waals surface area (Å²) >= 11 is 0. The molecule has 176 valence electrons. The van der Waals surface area contributed by atoms with Crippen LogP contribution >= 0.6 is 0 Å². The van der Waals surface area contributed by atoms with Gasteiger partial charge in [0, 0.05) is 0 Å². The van der Waals surface area contributed by atoms with Gasteiger partial charge in [0.25, 0.3) is 0 Å². The minimum atomic E-state index is 0.995. The molecular formula is C31H52. The lowest BCUT2D eigenvalue weighted by Crippen LogP contribution is -2.15. The van der Waals surface area contributed by atoms with Gasteiger partial charge in [0.05, 0.1) is 0 Å². The first kappa shape index (κ1) is 24.9. The van der Waals surface area contributed by atoms with Crippen LogP contribution in [0.3, 0.4) is 0 Å². The van der Waals surface area contributed by atoms with Crippen molar-refractivity contribution in [2.45, 2.75) is 136 Å². The molecule has 0 aliphatic heterocycles. The monoisotopic (exact) mass is 424 g/mol. The zero-order valence-electron chi connectivity index (χ0n) is 21.1. The SMILES string of the molecule is CCCCC[C@H]1CC[C@H](CCc2ccc(CC[C@H]3CC[C@H](CCCC)CC3)cc2)CC1. The summed E-state index contributed by atoms with van der Waals surface area (Å²) < 4.78 is 0. The van der Waals surface area contributed by atoms with E-state index in [9.17, 15) is 0 Å². The smallest absolute Gasteiger partial charge is 0.0276 e. The van der Waals surface area contributed by atoms with Crippen LogP contribution in [0.1, 0.15) is 134 Å². The fourth-order valence-electron chi connectivity index (χ4n) is 6.41.